The van der Waals surface area contributed by atoms with Crippen LogP contribution in [0.5, 0.6) is 0 Å². The Morgan fingerprint density at radius 3 is 2.35 bits per heavy atom. The largest absolute Gasteiger partial charge is 0.344 e. The van der Waals surface area contributed by atoms with Crippen LogP contribution >= 0.6 is 0 Å². The number of aromatic nitrogens is 2. The second-order valence-electron chi connectivity index (χ2n) is 5.37. The van der Waals surface area contributed by atoms with Crippen molar-refractivity contribution in [2.45, 2.75) is 11.8 Å². The molecule has 0 atom stereocenters. The average Bonchev–Trinajstić information content (AvgIpc) is 2.99. The molecule has 0 aliphatic rings. The molecule has 1 aromatic carbocycles. The summed E-state index contributed by atoms with van der Waals surface area (Å²) in [4.78, 5) is 3.90. The molecule has 0 fully saturated rings. The first kappa shape index (κ1) is 21.5. The van der Waals surface area contributed by atoms with E-state index in [2.05, 4.69) is 10.3 Å². The molecule has 0 spiro atoms. The highest BCUT2D eigenvalue weighted by molar-refractivity contribution is 7.90. The molecule has 3 aromatic rings. The number of benzene rings is 1. The highest BCUT2D eigenvalue weighted by atomic mass is 32.2. The molecule has 0 aliphatic heterocycles. The van der Waals surface area contributed by atoms with E-state index in [1.54, 1.807) is 37.3 Å². The first-order chi connectivity index (χ1) is 11.9. The molecule has 0 unspecified atom stereocenters. The number of nitrogens with zero attached hydrogens (tertiary/aromatic N) is 2. The SMILES string of the molecule is CNC.Cc1cc(-c2ccccc2F)n(S(=O)(=O)c2cccnc2)c1.N. The van der Waals surface area contributed by atoms with Crippen LogP contribution < -0.4 is 11.5 Å². The van der Waals surface area contributed by atoms with Crippen LogP contribution in [0.2, 0.25) is 0 Å². The molecule has 4 N–H and O–H groups in total. The van der Waals surface area contributed by atoms with E-state index in [-0.39, 0.29) is 16.6 Å². The molecule has 26 heavy (non-hydrogen) atoms. The van der Waals surface area contributed by atoms with Crippen molar-refractivity contribution in [3.05, 3.63) is 72.4 Å². The number of hydrogen-bond acceptors (Lipinski definition) is 5. The van der Waals surface area contributed by atoms with Gasteiger partial charge in [0.05, 0.1) is 5.69 Å². The first-order valence-electron chi connectivity index (χ1n) is 7.59. The van der Waals surface area contributed by atoms with E-state index in [9.17, 15) is 12.8 Å². The van der Waals surface area contributed by atoms with Crippen LogP contribution in [0.1, 0.15) is 5.56 Å². The summed E-state index contributed by atoms with van der Waals surface area (Å²) in [6.45, 7) is 1.76. The van der Waals surface area contributed by atoms with Crippen molar-refractivity contribution >= 4 is 10.0 Å². The van der Waals surface area contributed by atoms with E-state index in [1.807, 2.05) is 14.1 Å². The van der Waals surface area contributed by atoms with Crippen molar-refractivity contribution in [2.24, 2.45) is 0 Å². The minimum Gasteiger partial charge on any atom is -0.344 e. The fourth-order valence-electron chi connectivity index (χ4n) is 2.25. The molecule has 8 heteroatoms. The summed E-state index contributed by atoms with van der Waals surface area (Å²) < 4.78 is 40.6. The van der Waals surface area contributed by atoms with E-state index in [4.69, 9.17) is 0 Å². The Hall–Kier alpha value is -2.55. The van der Waals surface area contributed by atoms with Crippen molar-refractivity contribution < 1.29 is 12.8 Å². The Balaban J connectivity index is 0.000000791. The van der Waals surface area contributed by atoms with Gasteiger partial charge in [-0.2, -0.15) is 0 Å². The van der Waals surface area contributed by atoms with Crippen LogP contribution in [0, 0.1) is 12.7 Å². The minimum atomic E-state index is -3.83. The summed E-state index contributed by atoms with van der Waals surface area (Å²) in [7, 11) is -0.0762. The van der Waals surface area contributed by atoms with Crippen LogP contribution in [0.25, 0.3) is 11.3 Å². The predicted molar refractivity (Wildman–Crippen MR) is 101 cm³/mol. The fourth-order valence-corrected chi connectivity index (χ4v) is 3.64. The summed E-state index contributed by atoms with van der Waals surface area (Å²) in [5, 5.41) is 2.75. The summed E-state index contributed by atoms with van der Waals surface area (Å²) in [5.41, 5.74) is 1.26. The Morgan fingerprint density at radius 2 is 1.77 bits per heavy atom. The van der Waals surface area contributed by atoms with Crippen molar-refractivity contribution in [1.29, 1.82) is 0 Å². The van der Waals surface area contributed by atoms with Crippen LogP contribution in [0.4, 0.5) is 4.39 Å². The molecule has 0 aliphatic carbocycles. The van der Waals surface area contributed by atoms with Crippen molar-refractivity contribution in [2.75, 3.05) is 14.1 Å². The molecule has 6 nitrogen and oxygen atoms in total. The van der Waals surface area contributed by atoms with E-state index in [0.717, 1.165) is 9.54 Å². The van der Waals surface area contributed by atoms with Crippen molar-refractivity contribution in [3.63, 3.8) is 0 Å². The number of halogens is 1. The molecule has 0 bridgehead atoms. The van der Waals surface area contributed by atoms with Crippen molar-refractivity contribution in [3.8, 4) is 11.3 Å². The molecule has 0 saturated carbocycles. The van der Waals surface area contributed by atoms with Gasteiger partial charge in [-0.15, -0.1) is 0 Å². The Labute approximate surface area is 153 Å². The molecular weight excluding hydrogens is 355 g/mol. The van der Waals surface area contributed by atoms with Gasteiger partial charge in [0.25, 0.3) is 10.0 Å². The average molecular weight is 378 g/mol. The molecule has 2 aromatic heterocycles. The molecule has 0 amide bonds. The molecule has 0 radical (unpaired) electrons. The van der Waals surface area contributed by atoms with E-state index < -0.39 is 15.8 Å². The molecular formula is C18H23FN4O2S. The summed E-state index contributed by atoms with van der Waals surface area (Å²) >= 11 is 0. The molecule has 3 rings (SSSR count). The van der Waals surface area contributed by atoms with E-state index in [0.29, 0.717) is 5.69 Å². The quantitative estimate of drug-likeness (QED) is 0.729. The van der Waals surface area contributed by atoms with Gasteiger partial charge in [-0.25, -0.2) is 16.8 Å². The molecule has 2 heterocycles. The zero-order chi connectivity index (χ0) is 18.4. The van der Waals surface area contributed by atoms with E-state index in [1.165, 1.54) is 30.7 Å². The standard InChI is InChI=1S/C16H13FN2O2S.C2H7N.H3N/c1-12-9-16(14-6-2-3-7-15(14)17)19(11-12)22(20,21)13-5-4-8-18-10-13;1-3-2;/h2-11H,1H3;3H,1-2H3;1H3. The third kappa shape index (κ3) is 4.54. The van der Waals surface area contributed by atoms with Gasteiger partial charge < -0.3 is 11.5 Å². The lowest BCUT2D eigenvalue weighted by Crippen LogP contribution is -2.13. The number of pyridine rings is 1. The maximum Gasteiger partial charge on any atom is 0.269 e. The normalized spacial score (nSPS) is 10.5. The Morgan fingerprint density at radius 1 is 1.12 bits per heavy atom. The lowest BCUT2D eigenvalue weighted by Gasteiger charge is -2.10. The van der Waals surface area contributed by atoms with Gasteiger partial charge in [-0.05, 0) is 56.9 Å². The minimum absolute atomic E-state index is 0. The van der Waals surface area contributed by atoms with Crippen LogP contribution in [0.3, 0.4) is 0 Å². The Bertz CT molecular complexity index is 941. The van der Waals surface area contributed by atoms with Crippen LogP contribution in [-0.4, -0.2) is 31.5 Å². The molecule has 0 saturated heterocycles. The maximum atomic E-state index is 14.0. The number of rotatable bonds is 3. The van der Waals surface area contributed by atoms with Crippen molar-refractivity contribution in [1.82, 2.24) is 20.4 Å². The second kappa shape index (κ2) is 9.23. The molecule has 140 valence electrons. The summed E-state index contributed by atoms with van der Waals surface area (Å²) in [6.07, 6.45) is 4.25. The van der Waals surface area contributed by atoms with Gasteiger partial charge in [0, 0.05) is 24.2 Å². The summed E-state index contributed by atoms with van der Waals surface area (Å²) in [6, 6.07) is 10.7. The van der Waals surface area contributed by atoms with Gasteiger partial charge in [0.15, 0.2) is 0 Å². The lowest BCUT2D eigenvalue weighted by atomic mass is 10.1. The fraction of sp³-hybridized carbons (Fsp3) is 0.167. The predicted octanol–water partition coefficient (Wildman–Crippen LogP) is 3.23. The second-order valence-corrected chi connectivity index (χ2v) is 7.19. The topological polar surface area (TPSA) is 99.0 Å². The van der Waals surface area contributed by atoms with Crippen LogP contribution in [-0.2, 0) is 10.0 Å². The monoisotopic (exact) mass is 378 g/mol. The summed E-state index contributed by atoms with van der Waals surface area (Å²) in [5.74, 6) is -0.469. The van der Waals surface area contributed by atoms with Gasteiger partial charge >= 0.3 is 0 Å². The number of nitrogens with one attached hydrogen (secondary N) is 1. The number of aryl methyl sites for hydroxylation is 1. The van der Waals surface area contributed by atoms with Gasteiger partial charge in [-0.3, -0.25) is 4.98 Å². The highest BCUT2D eigenvalue weighted by Crippen LogP contribution is 2.28. The third-order valence-electron chi connectivity index (χ3n) is 3.26. The highest BCUT2D eigenvalue weighted by Gasteiger charge is 2.22. The zero-order valence-corrected chi connectivity index (χ0v) is 15.8. The lowest BCUT2D eigenvalue weighted by molar-refractivity contribution is 0.587. The van der Waals surface area contributed by atoms with Gasteiger partial charge in [0.2, 0.25) is 0 Å². The van der Waals surface area contributed by atoms with Gasteiger partial charge in [-0.1, -0.05) is 12.1 Å². The van der Waals surface area contributed by atoms with E-state index >= 15 is 0 Å². The maximum absolute atomic E-state index is 14.0. The smallest absolute Gasteiger partial charge is 0.269 e. The third-order valence-corrected chi connectivity index (χ3v) is 4.92. The zero-order valence-electron chi connectivity index (χ0n) is 15.0. The van der Waals surface area contributed by atoms with Crippen LogP contribution in [0.15, 0.2) is 66.0 Å². The first-order valence-corrected chi connectivity index (χ1v) is 9.03. The van der Waals surface area contributed by atoms with Gasteiger partial charge in [0.1, 0.15) is 10.7 Å². The Kier molecular flexibility index (Phi) is 7.63. The number of hydrogen-bond donors (Lipinski definition) is 2.